The second-order valence-corrected chi connectivity index (χ2v) is 5.24. The van der Waals surface area contributed by atoms with Crippen molar-refractivity contribution in [2.45, 2.75) is 0 Å². The summed E-state index contributed by atoms with van der Waals surface area (Å²) in [7, 11) is 3.01. The Hall–Kier alpha value is -3.21. The van der Waals surface area contributed by atoms with Crippen LogP contribution in [-0.4, -0.2) is 30.4 Å². The molecule has 0 aliphatic carbocycles. The third kappa shape index (κ3) is 2.50. The van der Waals surface area contributed by atoms with E-state index in [1.54, 1.807) is 12.1 Å². The number of hydrogen-bond donors (Lipinski definition) is 2. The van der Waals surface area contributed by atoms with E-state index < -0.39 is 5.97 Å². The van der Waals surface area contributed by atoms with Crippen LogP contribution in [0.15, 0.2) is 48.5 Å². The summed E-state index contributed by atoms with van der Waals surface area (Å²) in [6.45, 7) is 0. The molecule has 0 aliphatic heterocycles. The van der Waals surface area contributed by atoms with Crippen LogP contribution in [0.5, 0.6) is 17.2 Å². The Kier molecular flexibility index (Phi) is 4.00. The molecule has 0 atom stereocenters. The van der Waals surface area contributed by atoms with Gasteiger partial charge >= 0.3 is 5.97 Å². The van der Waals surface area contributed by atoms with Crippen LogP contribution in [0.4, 0.5) is 0 Å². The highest BCUT2D eigenvalue weighted by atomic mass is 16.5. The quantitative estimate of drug-likeness (QED) is 0.760. The van der Waals surface area contributed by atoms with Crippen LogP contribution in [0.2, 0.25) is 0 Å². The Labute approximate surface area is 138 Å². The van der Waals surface area contributed by atoms with Crippen molar-refractivity contribution in [2.24, 2.45) is 0 Å². The van der Waals surface area contributed by atoms with E-state index in [0.29, 0.717) is 27.8 Å². The highest BCUT2D eigenvalue weighted by molar-refractivity contribution is 6.10. The molecule has 0 amide bonds. The SMILES string of the molecule is COc1cc2c(O)cc(C(=O)O)c(-c3ccccc3)c2cc1OC. The fourth-order valence-corrected chi connectivity index (χ4v) is 2.81. The van der Waals surface area contributed by atoms with Crippen LogP contribution in [0.1, 0.15) is 10.4 Å². The molecule has 5 heteroatoms. The number of benzene rings is 3. The highest BCUT2D eigenvalue weighted by Crippen LogP contribution is 2.42. The van der Waals surface area contributed by atoms with Gasteiger partial charge < -0.3 is 19.7 Å². The summed E-state index contributed by atoms with van der Waals surface area (Å²) in [6, 6.07) is 13.8. The van der Waals surface area contributed by atoms with E-state index in [0.717, 1.165) is 5.56 Å². The standard InChI is InChI=1S/C19H16O5/c1-23-16-9-12-13(10-17(16)24-2)18(11-6-4-3-5-7-11)14(19(21)22)8-15(12)20/h3-10,20H,1-2H3,(H,21,22). The molecule has 0 bridgehead atoms. The maximum absolute atomic E-state index is 11.7. The van der Waals surface area contributed by atoms with Gasteiger partial charge in [0.25, 0.3) is 0 Å². The van der Waals surface area contributed by atoms with Gasteiger partial charge in [-0.25, -0.2) is 4.79 Å². The smallest absolute Gasteiger partial charge is 0.336 e. The minimum absolute atomic E-state index is 0.0263. The topological polar surface area (TPSA) is 76.0 Å². The molecule has 5 nitrogen and oxygen atoms in total. The van der Waals surface area contributed by atoms with E-state index in [1.807, 2.05) is 30.3 Å². The van der Waals surface area contributed by atoms with Crippen molar-refractivity contribution in [3.63, 3.8) is 0 Å². The number of carboxylic acids is 1. The molecule has 2 N–H and O–H groups in total. The molecule has 0 aliphatic rings. The lowest BCUT2D eigenvalue weighted by atomic mass is 9.92. The zero-order valence-corrected chi connectivity index (χ0v) is 13.2. The summed E-state index contributed by atoms with van der Waals surface area (Å²) in [5, 5.41) is 20.9. The van der Waals surface area contributed by atoms with Crippen LogP contribution in [0, 0.1) is 0 Å². The molecule has 0 saturated carbocycles. The molecule has 24 heavy (non-hydrogen) atoms. The number of phenols is 1. The first-order valence-corrected chi connectivity index (χ1v) is 7.27. The molecule has 0 heterocycles. The first kappa shape index (κ1) is 15.7. The van der Waals surface area contributed by atoms with Gasteiger partial charge in [-0.05, 0) is 29.1 Å². The maximum Gasteiger partial charge on any atom is 0.336 e. The van der Waals surface area contributed by atoms with Crippen LogP contribution in [-0.2, 0) is 0 Å². The molecule has 0 saturated heterocycles. The van der Waals surface area contributed by atoms with Gasteiger partial charge in [-0.1, -0.05) is 30.3 Å². The van der Waals surface area contributed by atoms with Crippen LogP contribution >= 0.6 is 0 Å². The van der Waals surface area contributed by atoms with Crippen LogP contribution in [0.25, 0.3) is 21.9 Å². The Morgan fingerprint density at radius 3 is 2.04 bits per heavy atom. The summed E-state index contributed by atoms with van der Waals surface area (Å²) in [4.78, 5) is 11.7. The molecule has 0 fully saturated rings. The lowest BCUT2D eigenvalue weighted by molar-refractivity contribution is 0.0697. The van der Waals surface area contributed by atoms with E-state index in [-0.39, 0.29) is 11.3 Å². The number of phenolic OH excluding ortho intramolecular Hbond substituents is 1. The number of ether oxygens (including phenoxy) is 2. The molecule has 122 valence electrons. The lowest BCUT2D eigenvalue weighted by Gasteiger charge is -2.15. The molecular weight excluding hydrogens is 308 g/mol. The zero-order valence-electron chi connectivity index (χ0n) is 13.2. The number of methoxy groups -OCH3 is 2. The van der Waals surface area contributed by atoms with Crippen molar-refractivity contribution < 1.29 is 24.5 Å². The number of rotatable bonds is 4. The molecule has 3 rings (SSSR count). The van der Waals surface area contributed by atoms with Crippen molar-refractivity contribution in [1.29, 1.82) is 0 Å². The molecule has 0 aromatic heterocycles. The largest absolute Gasteiger partial charge is 0.507 e. The van der Waals surface area contributed by atoms with Gasteiger partial charge in [0.15, 0.2) is 11.5 Å². The second-order valence-electron chi connectivity index (χ2n) is 5.24. The number of carboxylic acid groups (broad SMARTS) is 1. The second kappa shape index (κ2) is 6.12. The average Bonchev–Trinajstić information content (AvgIpc) is 2.61. The van der Waals surface area contributed by atoms with E-state index in [9.17, 15) is 15.0 Å². The molecule has 3 aromatic rings. The highest BCUT2D eigenvalue weighted by Gasteiger charge is 2.20. The summed E-state index contributed by atoms with van der Waals surface area (Å²) < 4.78 is 10.6. The van der Waals surface area contributed by atoms with Crippen LogP contribution in [0.3, 0.4) is 0 Å². The summed E-state index contributed by atoms with van der Waals surface area (Å²) in [5.41, 5.74) is 1.29. The van der Waals surface area contributed by atoms with Gasteiger partial charge in [0, 0.05) is 10.9 Å². The van der Waals surface area contributed by atoms with Gasteiger partial charge in [0.2, 0.25) is 0 Å². The summed E-state index contributed by atoms with van der Waals surface area (Å²) in [6.07, 6.45) is 0. The number of fused-ring (bicyclic) bond motifs is 1. The number of carbonyl (C=O) groups is 1. The minimum Gasteiger partial charge on any atom is -0.507 e. The van der Waals surface area contributed by atoms with E-state index in [4.69, 9.17) is 9.47 Å². The number of aromatic hydroxyl groups is 1. The van der Waals surface area contributed by atoms with E-state index >= 15 is 0 Å². The molecule has 3 aromatic carbocycles. The zero-order chi connectivity index (χ0) is 17.3. The molecule has 0 spiro atoms. The lowest BCUT2D eigenvalue weighted by Crippen LogP contribution is -2.01. The Balaban J connectivity index is 2.48. The van der Waals surface area contributed by atoms with Gasteiger partial charge in [0.05, 0.1) is 19.8 Å². The maximum atomic E-state index is 11.7. The summed E-state index contributed by atoms with van der Waals surface area (Å²) in [5.74, 6) is -0.310. The number of hydrogen-bond acceptors (Lipinski definition) is 4. The molecule has 0 radical (unpaired) electrons. The molecule has 0 unspecified atom stereocenters. The third-order valence-electron chi connectivity index (χ3n) is 3.91. The van der Waals surface area contributed by atoms with Crippen molar-refractivity contribution >= 4 is 16.7 Å². The Bertz CT molecular complexity index is 916. The summed E-state index contributed by atoms with van der Waals surface area (Å²) >= 11 is 0. The van der Waals surface area contributed by atoms with E-state index in [2.05, 4.69) is 0 Å². The van der Waals surface area contributed by atoms with Crippen molar-refractivity contribution in [2.75, 3.05) is 14.2 Å². The monoisotopic (exact) mass is 324 g/mol. The predicted molar refractivity (Wildman–Crippen MR) is 91.1 cm³/mol. The first-order valence-electron chi connectivity index (χ1n) is 7.27. The van der Waals surface area contributed by atoms with E-state index in [1.165, 1.54) is 20.3 Å². The normalized spacial score (nSPS) is 10.6. The van der Waals surface area contributed by atoms with Crippen LogP contribution < -0.4 is 9.47 Å². The number of aromatic carboxylic acids is 1. The predicted octanol–water partition coefficient (Wildman–Crippen LogP) is 3.93. The van der Waals surface area contributed by atoms with Gasteiger partial charge in [-0.2, -0.15) is 0 Å². The van der Waals surface area contributed by atoms with Gasteiger partial charge in [0.1, 0.15) is 5.75 Å². The molecular formula is C19H16O5. The van der Waals surface area contributed by atoms with Crippen molar-refractivity contribution in [3.8, 4) is 28.4 Å². The minimum atomic E-state index is -1.11. The first-order chi connectivity index (χ1) is 11.6. The Morgan fingerprint density at radius 1 is 0.917 bits per heavy atom. The average molecular weight is 324 g/mol. The van der Waals surface area contributed by atoms with Crippen molar-refractivity contribution in [1.82, 2.24) is 0 Å². The van der Waals surface area contributed by atoms with Crippen molar-refractivity contribution in [3.05, 3.63) is 54.1 Å². The fourth-order valence-electron chi connectivity index (χ4n) is 2.81. The Morgan fingerprint density at radius 2 is 1.50 bits per heavy atom. The fraction of sp³-hybridized carbons (Fsp3) is 0.105. The van der Waals surface area contributed by atoms with Gasteiger partial charge in [-0.3, -0.25) is 0 Å². The third-order valence-corrected chi connectivity index (χ3v) is 3.91. The van der Waals surface area contributed by atoms with Gasteiger partial charge in [-0.15, -0.1) is 0 Å².